The molecule has 118 valence electrons. The number of carbonyl (C=O) groups excluding carboxylic acids is 2. The predicted molar refractivity (Wildman–Crippen MR) is 84.6 cm³/mol. The molecule has 0 spiro atoms. The van der Waals surface area contributed by atoms with Gasteiger partial charge in [-0.3, -0.25) is 9.59 Å². The van der Waals surface area contributed by atoms with E-state index in [4.69, 9.17) is 4.74 Å². The van der Waals surface area contributed by atoms with Gasteiger partial charge in [0.1, 0.15) is 12.6 Å². The molecule has 4 nitrogen and oxygen atoms in total. The Hall–Kier alpha value is -0.970. The van der Waals surface area contributed by atoms with Gasteiger partial charge in [0.2, 0.25) is 5.91 Å². The first kappa shape index (κ1) is 16.4. The maximum Gasteiger partial charge on any atom is 0.326 e. The average Bonchev–Trinajstić information content (AvgIpc) is 2.41. The molecule has 0 N–H and O–H groups in total. The molecule has 0 unspecified atom stereocenters. The third-order valence-electron chi connectivity index (χ3n) is 4.36. The van der Waals surface area contributed by atoms with Crippen LogP contribution in [0.5, 0.6) is 0 Å². The predicted octanol–water partition coefficient (Wildman–Crippen LogP) is 3.18. The van der Waals surface area contributed by atoms with Gasteiger partial charge in [-0.05, 0) is 42.4 Å². The average molecular weight is 311 g/mol. The highest BCUT2D eigenvalue weighted by Crippen LogP contribution is 2.38. The van der Waals surface area contributed by atoms with Crippen LogP contribution in [0.15, 0.2) is 11.6 Å². The normalized spacial score (nSPS) is 26.8. The lowest BCUT2D eigenvalue weighted by Crippen LogP contribution is -2.37. The van der Waals surface area contributed by atoms with E-state index in [1.807, 2.05) is 5.41 Å². The van der Waals surface area contributed by atoms with Gasteiger partial charge in [0.15, 0.2) is 0 Å². The van der Waals surface area contributed by atoms with E-state index in [2.05, 4.69) is 20.8 Å². The smallest absolute Gasteiger partial charge is 0.326 e. The zero-order chi connectivity index (χ0) is 15.5. The zero-order valence-electron chi connectivity index (χ0n) is 13.1. The van der Waals surface area contributed by atoms with Crippen LogP contribution in [0.3, 0.4) is 0 Å². The second kappa shape index (κ2) is 6.86. The Morgan fingerprint density at radius 3 is 2.57 bits per heavy atom. The standard InChI is InChI=1S/C16H25NO3S/c1-16(2,3)12-4-6-13(7-5-12)20-15(19)10-17-8-9-21-11-14(17)18/h8-9,12-13H,4-7,10-11H2,1-3H3. The van der Waals surface area contributed by atoms with Crippen LogP contribution in [0, 0.1) is 11.3 Å². The first-order valence-electron chi connectivity index (χ1n) is 7.63. The molecule has 5 heteroatoms. The molecule has 1 aliphatic carbocycles. The SMILES string of the molecule is CC(C)(C)C1CCC(OC(=O)CN2C=CSCC2=O)CC1. The summed E-state index contributed by atoms with van der Waals surface area (Å²) in [5.74, 6) is 0.784. The quantitative estimate of drug-likeness (QED) is 0.751. The van der Waals surface area contributed by atoms with Crippen molar-refractivity contribution in [3.05, 3.63) is 11.6 Å². The molecule has 0 saturated heterocycles. The lowest BCUT2D eigenvalue weighted by molar-refractivity contribution is -0.154. The summed E-state index contributed by atoms with van der Waals surface area (Å²) in [5, 5.41) is 1.84. The van der Waals surface area contributed by atoms with Gasteiger partial charge < -0.3 is 9.64 Å². The maximum atomic E-state index is 11.9. The van der Waals surface area contributed by atoms with Gasteiger partial charge in [0, 0.05) is 6.20 Å². The molecule has 21 heavy (non-hydrogen) atoms. The van der Waals surface area contributed by atoms with Crippen LogP contribution in [0.1, 0.15) is 46.5 Å². The molecule has 0 aromatic carbocycles. The summed E-state index contributed by atoms with van der Waals surface area (Å²) in [6, 6.07) is 0. The van der Waals surface area contributed by atoms with Crippen LogP contribution in [0.4, 0.5) is 0 Å². The van der Waals surface area contributed by atoms with Crippen molar-refractivity contribution in [1.29, 1.82) is 0 Å². The maximum absolute atomic E-state index is 11.9. The van der Waals surface area contributed by atoms with Gasteiger partial charge >= 0.3 is 5.97 Å². The Morgan fingerprint density at radius 2 is 2.00 bits per heavy atom. The summed E-state index contributed by atoms with van der Waals surface area (Å²) < 4.78 is 5.53. The zero-order valence-corrected chi connectivity index (χ0v) is 13.9. The van der Waals surface area contributed by atoms with Crippen molar-refractivity contribution in [1.82, 2.24) is 4.90 Å². The van der Waals surface area contributed by atoms with E-state index >= 15 is 0 Å². The summed E-state index contributed by atoms with van der Waals surface area (Å²) in [6.45, 7) is 6.86. The lowest BCUT2D eigenvalue weighted by atomic mass is 9.72. The molecule has 0 bridgehead atoms. The van der Waals surface area contributed by atoms with E-state index in [0.717, 1.165) is 25.7 Å². The number of esters is 1. The molecule has 0 radical (unpaired) electrons. The minimum Gasteiger partial charge on any atom is -0.461 e. The van der Waals surface area contributed by atoms with Crippen molar-refractivity contribution < 1.29 is 14.3 Å². The van der Waals surface area contributed by atoms with Crippen LogP contribution >= 0.6 is 11.8 Å². The molecule has 2 aliphatic rings. The molecule has 1 fully saturated rings. The summed E-state index contributed by atoms with van der Waals surface area (Å²) >= 11 is 1.45. The first-order chi connectivity index (χ1) is 9.86. The van der Waals surface area contributed by atoms with Gasteiger partial charge in [0.25, 0.3) is 0 Å². The van der Waals surface area contributed by atoms with Crippen LogP contribution < -0.4 is 0 Å². The highest BCUT2D eigenvalue weighted by atomic mass is 32.2. The van der Waals surface area contributed by atoms with Crippen molar-refractivity contribution in [2.75, 3.05) is 12.3 Å². The highest BCUT2D eigenvalue weighted by molar-refractivity contribution is 8.02. The lowest BCUT2D eigenvalue weighted by Gasteiger charge is -2.36. The van der Waals surface area contributed by atoms with E-state index in [1.54, 1.807) is 6.20 Å². The third-order valence-corrected chi connectivity index (χ3v) is 5.09. The molecule has 2 rings (SSSR count). The molecule has 1 heterocycles. The molecule has 0 aromatic heterocycles. The fourth-order valence-electron chi connectivity index (χ4n) is 2.95. The van der Waals surface area contributed by atoms with Crippen molar-refractivity contribution in [3.8, 4) is 0 Å². The number of thioether (sulfide) groups is 1. The molecule has 1 amide bonds. The van der Waals surface area contributed by atoms with Gasteiger partial charge in [-0.1, -0.05) is 20.8 Å². The number of nitrogens with zero attached hydrogens (tertiary/aromatic N) is 1. The van der Waals surface area contributed by atoms with Gasteiger partial charge in [-0.15, -0.1) is 11.8 Å². The van der Waals surface area contributed by atoms with Crippen LogP contribution in [0.2, 0.25) is 0 Å². The highest BCUT2D eigenvalue weighted by Gasteiger charge is 2.31. The van der Waals surface area contributed by atoms with Gasteiger partial charge in [0.05, 0.1) is 5.75 Å². The number of carbonyl (C=O) groups is 2. The fourth-order valence-corrected chi connectivity index (χ4v) is 3.59. The summed E-state index contributed by atoms with van der Waals surface area (Å²) in [6.07, 6.45) is 5.78. The summed E-state index contributed by atoms with van der Waals surface area (Å²) in [7, 11) is 0. The van der Waals surface area contributed by atoms with Crippen LogP contribution in [-0.2, 0) is 14.3 Å². The third kappa shape index (κ3) is 4.77. The molecular formula is C16H25NO3S. The Morgan fingerprint density at radius 1 is 1.33 bits per heavy atom. The van der Waals surface area contributed by atoms with E-state index < -0.39 is 0 Å². The number of hydrogen-bond donors (Lipinski definition) is 0. The van der Waals surface area contributed by atoms with Gasteiger partial charge in [-0.2, -0.15) is 0 Å². The summed E-state index contributed by atoms with van der Waals surface area (Å²) in [5.41, 5.74) is 0.331. The molecule has 1 saturated carbocycles. The van der Waals surface area contributed by atoms with Crippen molar-refractivity contribution in [3.63, 3.8) is 0 Å². The second-order valence-corrected chi connectivity index (χ2v) is 7.84. The van der Waals surface area contributed by atoms with Crippen LogP contribution in [-0.4, -0.2) is 35.2 Å². The van der Waals surface area contributed by atoms with E-state index in [9.17, 15) is 9.59 Å². The Labute approximate surface area is 131 Å². The largest absolute Gasteiger partial charge is 0.461 e. The molecule has 1 aliphatic heterocycles. The topological polar surface area (TPSA) is 46.6 Å². The molecule has 0 atom stereocenters. The fraction of sp³-hybridized carbons (Fsp3) is 0.750. The Balaban J connectivity index is 1.76. The Bertz CT molecular complexity index is 420. The minimum absolute atomic E-state index is 0.0225. The number of rotatable bonds is 3. The van der Waals surface area contributed by atoms with Crippen molar-refractivity contribution in [2.45, 2.75) is 52.6 Å². The first-order valence-corrected chi connectivity index (χ1v) is 8.68. The molecular weight excluding hydrogens is 286 g/mol. The van der Waals surface area contributed by atoms with E-state index in [-0.39, 0.29) is 24.5 Å². The number of hydrogen-bond acceptors (Lipinski definition) is 4. The minimum atomic E-state index is -0.292. The monoisotopic (exact) mass is 311 g/mol. The van der Waals surface area contributed by atoms with E-state index in [0.29, 0.717) is 17.1 Å². The molecule has 0 aromatic rings. The van der Waals surface area contributed by atoms with Gasteiger partial charge in [-0.25, -0.2) is 0 Å². The second-order valence-electron chi connectivity index (χ2n) is 6.95. The number of ether oxygens (including phenoxy) is 1. The number of amides is 1. The van der Waals surface area contributed by atoms with Crippen molar-refractivity contribution in [2.24, 2.45) is 11.3 Å². The summed E-state index contributed by atoms with van der Waals surface area (Å²) in [4.78, 5) is 25.0. The van der Waals surface area contributed by atoms with Crippen LogP contribution in [0.25, 0.3) is 0 Å². The van der Waals surface area contributed by atoms with Crippen molar-refractivity contribution >= 4 is 23.6 Å². The Kier molecular flexibility index (Phi) is 5.36. The van der Waals surface area contributed by atoms with E-state index in [1.165, 1.54) is 16.7 Å².